The molecule has 1 fully saturated rings. The Morgan fingerprint density at radius 2 is 1.70 bits per heavy atom. The summed E-state index contributed by atoms with van der Waals surface area (Å²) in [5.41, 5.74) is -0.895. The Hall–Kier alpha value is -0.845. The zero-order chi connectivity index (χ0) is 15.3. The van der Waals surface area contributed by atoms with Crippen molar-refractivity contribution < 1.29 is 13.7 Å². The second-order valence-corrected chi connectivity index (χ2v) is 6.55. The molecule has 1 aliphatic heterocycles. The molecule has 0 bridgehead atoms. The minimum Gasteiger partial charge on any atom is -0.399 e. The molecular weight excluding hydrogens is 281 g/mol. The highest BCUT2D eigenvalue weighted by Gasteiger charge is 2.53. The molecule has 0 N–H and O–H groups in total. The maximum Gasteiger partial charge on any atom is 0.499 e. The lowest BCUT2D eigenvalue weighted by Crippen LogP contribution is -2.41. The van der Waals surface area contributed by atoms with Gasteiger partial charge in [0, 0.05) is 25.8 Å². The van der Waals surface area contributed by atoms with Crippen molar-refractivity contribution in [1.82, 2.24) is 4.98 Å². The van der Waals surface area contributed by atoms with Gasteiger partial charge in [-0.1, -0.05) is 11.6 Å². The van der Waals surface area contributed by atoms with Gasteiger partial charge in [0.1, 0.15) is 0 Å². The second kappa shape index (κ2) is 4.86. The first kappa shape index (κ1) is 15.5. The summed E-state index contributed by atoms with van der Waals surface area (Å²) in [5.74, 6) is -0.305. The van der Waals surface area contributed by atoms with Crippen LogP contribution in [0.3, 0.4) is 0 Å². The summed E-state index contributed by atoms with van der Waals surface area (Å²) in [7, 11) is 2.59. The molecule has 0 radical (unpaired) electrons. The molecular formula is C13H19BClFN2O2. The number of pyridine rings is 1. The molecule has 0 spiro atoms. The molecule has 0 amide bonds. The molecule has 2 rings (SSSR count). The zero-order valence-corrected chi connectivity index (χ0v) is 13.4. The molecule has 0 aromatic carbocycles. The first-order valence-corrected chi connectivity index (χ1v) is 6.81. The summed E-state index contributed by atoms with van der Waals surface area (Å²) in [5, 5.41) is 0.201. The van der Waals surface area contributed by atoms with Crippen LogP contribution in [-0.4, -0.2) is 37.4 Å². The normalized spacial score (nSPS) is 20.3. The highest BCUT2D eigenvalue weighted by atomic mass is 35.5. The molecule has 1 saturated heterocycles. The largest absolute Gasteiger partial charge is 0.499 e. The van der Waals surface area contributed by atoms with Gasteiger partial charge in [-0.25, -0.2) is 9.37 Å². The third-order valence-corrected chi connectivity index (χ3v) is 4.20. The third kappa shape index (κ3) is 2.40. The molecule has 110 valence electrons. The number of hydrogen-bond acceptors (Lipinski definition) is 4. The van der Waals surface area contributed by atoms with Gasteiger partial charge in [-0.15, -0.1) is 0 Å². The van der Waals surface area contributed by atoms with Crippen LogP contribution >= 0.6 is 11.6 Å². The SMILES string of the molecule is CN(C)c1ncc(Cl)c(B2OC(C)(C)C(C)(C)O2)c1F. The predicted molar refractivity (Wildman–Crippen MR) is 79.2 cm³/mol. The smallest absolute Gasteiger partial charge is 0.399 e. The molecule has 1 aromatic heterocycles. The average Bonchev–Trinajstić information content (AvgIpc) is 2.47. The van der Waals surface area contributed by atoms with Crippen molar-refractivity contribution in [2.75, 3.05) is 19.0 Å². The van der Waals surface area contributed by atoms with E-state index in [1.807, 2.05) is 27.7 Å². The molecule has 0 saturated carbocycles. The monoisotopic (exact) mass is 300 g/mol. The standard InChI is InChI=1S/C13H19BClFN2O2/c1-12(2)13(3,4)20-14(19-12)9-8(15)7-17-11(10(9)16)18(5)6/h7H,1-6H3. The number of aromatic nitrogens is 1. The Labute approximate surface area is 124 Å². The Bertz CT molecular complexity index is 521. The molecule has 0 aliphatic carbocycles. The zero-order valence-electron chi connectivity index (χ0n) is 12.6. The summed E-state index contributed by atoms with van der Waals surface area (Å²) in [6.07, 6.45) is 1.42. The molecule has 0 unspecified atom stereocenters. The summed E-state index contributed by atoms with van der Waals surface area (Å²) < 4.78 is 26.3. The van der Waals surface area contributed by atoms with Gasteiger partial charge in [0.15, 0.2) is 11.6 Å². The van der Waals surface area contributed by atoms with E-state index in [9.17, 15) is 4.39 Å². The fraction of sp³-hybridized carbons (Fsp3) is 0.615. The van der Waals surface area contributed by atoms with Crippen LogP contribution in [0, 0.1) is 5.82 Å². The molecule has 1 aromatic rings. The number of nitrogens with zero attached hydrogens (tertiary/aromatic N) is 2. The van der Waals surface area contributed by atoms with E-state index in [4.69, 9.17) is 20.9 Å². The summed E-state index contributed by atoms with van der Waals surface area (Å²) in [6, 6.07) is 0. The van der Waals surface area contributed by atoms with E-state index in [0.717, 1.165) is 0 Å². The van der Waals surface area contributed by atoms with Crippen LogP contribution in [0.4, 0.5) is 10.2 Å². The molecule has 0 atom stereocenters. The fourth-order valence-electron chi connectivity index (χ4n) is 1.96. The van der Waals surface area contributed by atoms with Crippen molar-refractivity contribution in [2.45, 2.75) is 38.9 Å². The van der Waals surface area contributed by atoms with E-state index in [-0.39, 0.29) is 16.3 Å². The van der Waals surface area contributed by atoms with Crippen LogP contribution in [-0.2, 0) is 9.31 Å². The molecule has 4 nitrogen and oxygen atoms in total. The summed E-state index contributed by atoms with van der Waals surface area (Å²) in [4.78, 5) is 5.57. The molecule has 1 aliphatic rings. The fourth-order valence-corrected chi connectivity index (χ4v) is 2.18. The third-order valence-electron chi connectivity index (χ3n) is 3.90. The van der Waals surface area contributed by atoms with E-state index in [0.29, 0.717) is 0 Å². The van der Waals surface area contributed by atoms with Crippen molar-refractivity contribution in [3.63, 3.8) is 0 Å². The second-order valence-electron chi connectivity index (χ2n) is 6.14. The van der Waals surface area contributed by atoms with Gasteiger partial charge in [-0.3, -0.25) is 0 Å². The van der Waals surface area contributed by atoms with Crippen molar-refractivity contribution >= 4 is 30.0 Å². The van der Waals surface area contributed by atoms with Crippen LogP contribution in [0.15, 0.2) is 6.20 Å². The van der Waals surface area contributed by atoms with E-state index in [1.54, 1.807) is 19.0 Å². The van der Waals surface area contributed by atoms with Gasteiger partial charge in [0.05, 0.1) is 16.2 Å². The van der Waals surface area contributed by atoms with Crippen LogP contribution in [0.1, 0.15) is 27.7 Å². The molecule has 20 heavy (non-hydrogen) atoms. The minimum atomic E-state index is -0.839. The molecule has 2 heterocycles. The predicted octanol–water partition coefficient (Wildman–Crippen LogP) is 2.24. The average molecular weight is 301 g/mol. The van der Waals surface area contributed by atoms with E-state index >= 15 is 0 Å². The van der Waals surface area contributed by atoms with E-state index < -0.39 is 24.1 Å². The van der Waals surface area contributed by atoms with Crippen molar-refractivity contribution in [2.24, 2.45) is 0 Å². The Morgan fingerprint density at radius 1 is 1.20 bits per heavy atom. The van der Waals surface area contributed by atoms with Crippen molar-refractivity contribution in [3.8, 4) is 0 Å². The maximum atomic E-state index is 14.6. The Kier molecular flexibility index (Phi) is 3.78. The lowest BCUT2D eigenvalue weighted by Gasteiger charge is -2.32. The minimum absolute atomic E-state index is 0.198. The Balaban J connectivity index is 2.47. The summed E-state index contributed by atoms with van der Waals surface area (Å²) in [6.45, 7) is 7.64. The molecule has 7 heteroatoms. The van der Waals surface area contributed by atoms with Crippen LogP contribution in [0.5, 0.6) is 0 Å². The van der Waals surface area contributed by atoms with Crippen molar-refractivity contribution in [3.05, 3.63) is 17.0 Å². The highest BCUT2D eigenvalue weighted by molar-refractivity contribution is 6.65. The van der Waals surface area contributed by atoms with Gasteiger partial charge in [-0.05, 0) is 27.7 Å². The van der Waals surface area contributed by atoms with Gasteiger partial charge < -0.3 is 14.2 Å². The van der Waals surface area contributed by atoms with Crippen molar-refractivity contribution in [1.29, 1.82) is 0 Å². The maximum absolute atomic E-state index is 14.6. The topological polar surface area (TPSA) is 34.6 Å². The highest BCUT2D eigenvalue weighted by Crippen LogP contribution is 2.37. The Morgan fingerprint density at radius 3 is 2.15 bits per heavy atom. The number of rotatable bonds is 2. The van der Waals surface area contributed by atoms with Crippen LogP contribution in [0.2, 0.25) is 5.02 Å². The van der Waals surface area contributed by atoms with Gasteiger partial charge >= 0.3 is 7.12 Å². The van der Waals surface area contributed by atoms with Gasteiger partial charge in [-0.2, -0.15) is 0 Å². The van der Waals surface area contributed by atoms with Gasteiger partial charge in [0.25, 0.3) is 0 Å². The first-order chi connectivity index (χ1) is 9.07. The number of hydrogen-bond donors (Lipinski definition) is 0. The quantitative estimate of drug-likeness (QED) is 0.785. The van der Waals surface area contributed by atoms with Crippen LogP contribution < -0.4 is 10.4 Å². The lowest BCUT2D eigenvalue weighted by atomic mass is 9.79. The first-order valence-electron chi connectivity index (χ1n) is 6.43. The lowest BCUT2D eigenvalue weighted by molar-refractivity contribution is 0.00578. The van der Waals surface area contributed by atoms with E-state index in [1.165, 1.54) is 6.20 Å². The van der Waals surface area contributed by atoms with Gasteiger partial charge in [0.2, 0.25) is 0 Å². The summed E-state index contributed by atoms with van der Waals surface area (Å²) >= 11 is 6.09. The van der Waals surface area contributed by atoms with E-state index in [2.05, 4.69) is 4.98 Å². The number of anilines is 1. The van der Waals surface area contributed by atoms with Crippen LogP contribution in [0.25, 0.3) is 0 Å². The number of halogens is 2.